The van der Waals surface area contributed by atoms with E-state index in [0.29, 0.717) is 13.1 Å². The highest BCUT2D eigenvalue weighted by atomic mass is 16.3. The minimum atomic E-state index is -0.428. The van der Waals surface area contributed by atoms with Crippen LogP contribution < -0.4 is 5.32 Å². The molecule has 1 amide bonds. The first kappa shape index (κ1) is 18.2. The van der Waals surface area contributed by atoms with Crippen LogP contribution in [0.25, 0.3) is 0 Å². The number of carbonyl (C=O) groups excluding carboxylic acids is 1. The van der Waals surface area contributed by atoms with Gasteiger partial charge in [-0.3, -0.25) is 9.69 Å². The van der Waals surface area contributed by atoms with Crippen molar-refractivity contribution in [3.63, 3.8) is 0 Å². The molecule has 4 heteroatoms. The lowest BCUT2D eigenvalue weighted by molar-refractivity contribution is -0.121. The molecule has 1 unspecified atom stereocenters. The molecule has 0 radical (unpaired) electrons. The van der Waals surface area contributed by atoms with E-state index in [2.05, 4.69) is 5.32 Å². The second kappa shape index (κ2) is 8.62. The molecule has 2 N–H and O–H groups in total. The number of anilines is 1. The first-order valence-electron chi connectivity index (χ1n) is 8.34. The Morgan fingerprint density at radius 3 is 2.50 bits per heavy atom. The van der Waals surface area contributed by atoms with Crippen molar-refractivity contribution < 1.29 is 9.90 Å². The Kier molecular flexibility index (Phi) is 6.53. The molecule has 0 saturated heterocycles. The molecule has 4 nitrogen and oxygen atoms in total. The molecule has 2 aromatic carbocycles. The summed E-state index contributed by atoms with van der Waals surface area (Å²) in [5, 5.41) is 12.4. The molecule has 0 aliphatic rings. The van der Waals surface area contributed by atoms with E-state index in [-0.39, 0.29) is 12.5 Å². The van der Waals surface area contributed by atoms with Crippen molar-refractivity contribution in [1.82, 2.24) is 4.90 Å². The van der Waals surface area contributed by atoms with Gasteiger partial charge in [-0.15, -0.1) is 0 Å². The largest absolute Gasteiger partial charge is 0.395 e. The summed E-state index contributed by atoms with van der Waals surface area (Å²) in [5.74, 6) is -0.0785. The summed E-state index contributed by atoms with van der Waals surface area (Å²) in [6.07, 6.45) is 0. The van der Waals surface area contributed by atoms with Crippen molar-refractivity contribution in [3.05, 3.63) is 65.2 Å². The van der Waals surface area contributed by atoms with Crippen molar-refractivity contribution in [1.29, 1.82) is 0 Å². The fourth-order valence-electron chi connectivity index (χ4n) is 2.83. The third-order valence-corrected chi connectivity index (χ3v) is 4.17. The average Bonchev–Trinajstić information content (AvgIpc) is 2.58. The molecule has 128 valence electrons. The van der Waals surface area contributed by atoms with Crippen LogP contribution in [0.5, 0.6) is 0 Å². The number of aryl methyl sites for hydroxylation is 2. The lowest BCUT2D eigenvalue weighted by Gasteiger charge is -2.29. The Bertz CT molecular complexity index is 671. The van der Waals surface area contributed by atoms with Crippen LogP contribution in [-0.2, 0) is 4.79 Å². The molecule has 0 aliphatic heterocycles. The van der Waals surface area contributed by atoms with Gasteiger partial charge >= 0.3 is 0 Å². The summed E-state index contributed by atoms with van der Waals surface area (Å²) in [6.45, 7) is 7.15. The lowest BCUT2D eigenvalue weighted by Crippen LogP contribution is -2.39. The van der Waals surface area contributed by atoms with Gasteiger partial charge in [-0.05, 0) is 43.1 Å². The number of likely N-dealkylation sites (N-methyl/N-ethyl adjacent to an activating group) is 1. The molecule has 0 aromatic heterocycles. The number of aliphatic hydroxyl groups is 1. The first-order chi connectivity index (χ1) is 11.6. The third-order valence-electron chi connectivity index (χ3n) is 4.17. The maximum Gasteiger partial charge on any atom is 0.246 e. The monoisotopic (exact) mass is 326 g/mol. The number of aliphatic hydroxyl groups excluding tert-OH is 1. The molecule has 0 heterocycles. The molecule has 0 fully saturated rings. The second-order valence-corrected chi connectivity index (χ2v) is 5.97. The van der Waals surface area contributed by atoms with Gasteiger partial charge in [-0.25, -0.2) is 0 Å². The zero-order chi connectivity index (χ0) is 17.5. The SMILES string of the molecule is CCN(CCO)C(C(=O)Nc1cc(C)ccc1C)c1ccccc1. The predicted octanol–water partition coefficient (Wildman–Crippen LogP) is 3.30. The highest BCUT2D eigenvalue weighted by Crippen LogP contribution is 2.24. The normalized spacial score (nSPS) is 12.2. The molecular formula is C20H26N2O2. The van der Waals surface area contributed by atoms with E-state index in [4.69, 9.17) is 0 Å². The zero-order valence-electron chi connectivity index (χ0n) is 14.6. The molecule has 0 saturated carbocycles. The van der Waals surface area contributed by atoms with Crippen LogP contribution in [0.4, 0.5) is 5.69 Å². The predicted molar refractivity (Wildman–Crippen MR) is 98.1 cm³/mol. The van der Waals surface area contributed by atoms with E-state index in [1.54, 1.807) is 0 Å². The number of carbonyl (C=O) groups is 1. The quantitative estimate of drug-likeness (QED) is 0.821. The van der Waals surface area contributed by atoms with Gasteiger partial charge < -0.3 is 10.4 Å². The maximum atomic E-state index is 13.0. The van der Waals surface area contributed by atoms with Crippen molar-refractivity contribution in [2.75, 3.05) is 25.0 Å². The number of nitrogens with zero attached hydrogens (tertiary/aromatic N) is 1. The Balaban J connectivity index is 2.32. The number of nitrogens with one attached hydrogen (secondary N) is 1. The van der Waals surface area contributed by atoms with E-state index in [1.165, 1.54) is 0 Å². The number of hydrogen-bond acceptors (Lipinski definition) is 3. The van der Waals surface area contributed by atoms with Crippen molar-refractivity contribution >= 4 is 11.6 Å². The Labute approximate surface area is 144 Å². The summed E-state index contributed by atoms with van der Waals surface area (Å²) in [6, 6.07) is 15.3. The molecule has 1 atom stereocenters. The van der Waals surface area contributed by atoms with E-state index in [9.17, 15) is 9.90 Å². The number of rotatable bonds is 7. The van der Waals surface area contributed by atoms with Gasteiger partial charge in [0.05, 0.1) is 6.61 Å². The zero-order valence-corrected chi connectivity index (χ0v) is 14.6. The van der Waals surface area contributed by atoms with E-state index in [0.717, 1.165) is 22.4 Å². The Hall–Kier alpha value is -2.17. The van der Waals surface area contributed by atoms with Crippen LogP contribution in [0, 0.1) is 13.8 Å². The molecule has 2 rings (SSSR count). The molecular weight excluding hydrogens is 300 g/mol. The lowest BCUT2D eigenvalue weighted by atomic mass is 10.0. The van der Waals surface area contributed by atoms with Gasteiger partial charge in [0.15, 0.2) is 0 Å². The van der Waals surface area contributed by atoms with Crippen LogP contribution in [0.2, 0.25) is 0 Å². The van der Waals surface area contributed by atoms with Crippen molar-refractivity contribution in [2.45, 2.75) is 26.8 Å². The second-order valence-electron chi connectivity index (χ2n) is 5.97. The summed E-state index contributed by atoms with van der Waals surface area (Å²) in [5.41, 5.74) is 3.90. The number of amides is 1. The Morgan fingerprint density at radius 1 is 1.17 bits per heavy atom. The summed E-state index contributed by atoms with van der Waals surface area (Å²) < 4.78 is 0. The molecule has 2 aromatic rings. The first-order valence-corrected chi connectivity index (χ1v) is 8.34. The highest BCUT2D eigenvalue weighted by Gasteiger charge is 2.26. The van der Waals surface area contributed by atoms with Crippen LogP contribution in [0.3, 0.4) is 0 Å². The van der Waals surface area contributed by atoms with Crippen LogP contribution in [-0.4, -0.2) is 35.6 Å². The fraction of sp³-hybridized carbons (Fsp3) is 0.350. The van der Waals surface area contributed by atoms with Crippen molar-refractivity contribution in [3.8, 4) is 0 Å². The fourth-order valence-corrected chi connectivity index (χ4v) is 2.83. The van der Waals surface area contributed by atoms with Crippen molar-refractivity contribution in [2.24, 2.45) is 0 Å². The number of benzene rings is 2. The van der Waals surface area contributed by atoms with Crippen LogP contribution in [0.1, 0.15) is 29.7 Å². The van der Waals surface area contributed by atoms with E-state index in [1.807, 2.05) is 74.2 Å². The summed E-state index contributed by atoms with van der Waals surface area (Å²) >= 11 is 0. The van der Waals surface area contributed by atoms with Crippen LogP contribution in [0.15, 0.2) is 48.5 Å². The molecule has 0 spiro atoms. The van der Waals surface area contributed by atoms with Gasteiger partial charge in [0.25, 0.3) is 0 Å². The third kappa shape index (κ3) is 4.43. The van der Waals surface area contributed by atoms with Gasteiger partial charge in [0.2, 0.25) is 5.91 Å². The van der Waals surface area contributed by atoms with Crippen LogP contribution >= 0.6 is 0 Å². The summed E-state index contributed by atoms with van der Waals surface area (Å²) in [4.78, 5) is 15.0. The average molecular weight is 326 g/mol. The van der Waals surface area contributed by atoms with Gasteiger partial charge in [-0.2, -0.15) is 0 Å². The standard InChI is InChI=1S/C20H26N2O2/c1-4-22(12-13-23)19(17-8-6-5-7-9-17)20(24)21-18-14-15(2)10-11-16(18)3/h5-11,14,19,23H,4,12-13H2,1-3H3,(H,21,24). The van der Waals surface area contributed by atoms with E-state index >= 15 is 0 Å². The maximum absolute atomic E-state index is 13.0. The van der Waals surface area contributed by atoms with Gasteiger partial charge in [0, 0.05) is 12.2 Å². The van der Waals surface area contributed by atoms with Gasteiger partial charge in [0.1, 0.15) is 6.04 Å². The molecule has 24 heavy (non-hydrogen) atoms. The number of hydrogen-bond donors (Lipinski definition) is 2. The minimum absolute atomic E-state index is 0.0218. The topological polar surface area (TPSA) is 52.6 Å². The van der Waals surface area contributed by atoms with E-state index < -0.39 is 6.04 Å². The molecule has 0 bridgehead atoms. The minimum Gasteiger partial charge on any atom is -0.395 e. The highest BCUT2D eigenvalue weighted by molar-refractivity contribution is 5.96. The smallest absolute Gasteiger partial charge is 0.246 e. The summed E-state index contributed by atoms with van der Waals surface area (Å²) in [7, 11) is 0. The molecule has 0 aliphatic carbocycles. The Morgan fingerprint density at radius 2 is 1.88 bits per heavy atom. The van der Waals surface area contributed by atoms with Gasteiger partial charge in [-0.1, -0.05) is 49.4 Å².